The fourth-order valence-corrected chi connectivity index (χ4v) is 1.61. The number of rotatable bonds is 5. The maximum Gasteiger partial charge on any atom is 0.244 e. The highest BCUT2D eigenvalue weighted by molar-refractivity contribution is 5.76. The lowest BCUT2D eigenvalue weighted by Crippen LogP contribution is -2.11. The minimum Gasteiger partial charge on any atom is -0.477 e. The van der Waals surface area contributed by atoms with E-state index in [1.807, 2.05) is 6.07 Å². The molecule has 1 heterocycles. The molecule has 1 fully saturated rings. The number of aromatic nitrogens is 2. The van der Waals surface area contributed by atoms with E-state index in [0.717, 1.165) is 18.5 Å². The average Bonchev–Trinajstić information content (AvgIpc) is 3.00. The van der Waals surface area contributed by atoms with Gasteiger partial charge in [-0.25, -0.2) is 4.68 Å². The summed E-state index contributed by atoms with van der Waals surface area (Å²) >= 11 is 0. The van der Waals surface area contributed by atoms with E-state index in [9.17, 15) is 4.79 Å². The highest BCUT2D eigenvalue weighted by Crippen LogP contribution is 2.41. The summed E-state index contributed by atoms with van der Waals surface area (Å²) < 4.78 is 6.77. The van der Waals surface area contributed by atoms with Crippen LogP contribution in [0.25, 0.3) is 0 Å². The first-order valence-electron chi connectivity index (χ1n) is 5.57. The molecule has 0 saturated heterocycles. The smallest absolute Gasteiger partial charge is 0.244 e. The predicted molar refractivity (Wildman–Crippen MR) is 57.7 cm³/mol. The zero-order chi connectivity index (χ0) is 11.5. The Hall–Kier alpha value is -1.36. The van der Waals surface area contributed by atoms with Crippen molar-refractivity contribution in [2.24, 2.45) is 0 Å². The minimum absolute atomic E-state index is 0.0843. The molecule has 0 spiro atoms. The number of aliphatic hydroxyl groups is 1. The van der Waals surface area contributed by atoms with Gasteiger partial charge >= 0.3 is 0 Å². The molecule has 1 saturated carbocycles. The van der Waals surface area contributed by atoms with Crippen molar-refractivity contribution in [3.05, 3.63) is 11.8 Å². The van der Waals surface area contributed by atoms with Crippen LogP contribution in [0.3, 0.4) is 0 Å². The fraction of sp³-hybridized carbons (Fsp3) is 0.636. The third kappa shape index (κ3) is 2.41. The average molecular weight is 224 g/mol. The van der Waals surface area contributed by atoms with Crippen LogP contribution in [0.15, 0.2) is 6.07 Å². The molecule has 0 aromatic carbocycles. The Balaban J connectivity index is 2.08. The summed E-state index contributed by atoms with van der Waals surface area (Å²) in [6.45, 7) is 2.02. The van der Waals surface area contributed by atoms with Crippen molar-refractivity contribution in [2.75, 3.05) is 13.2 Å². The normalized spacial score (nSPS) is 15.1. The fourth-order valence-electron chi connectivity index (χ4n) is 1.61. The molecule has 0 amide bonds. The molecule has 0 bridgehead atoms. The molecule has 1 aliphatic rings. The zero-order valence-corrected chi connectivity index (χ0v) is 9.35. The Kier molecular flexibility index (Phi) is 3.24. The molecular weight excluding hydrogens is 208 g/mol. The van der Waals surface area contributed by atoms with Crippen molar-refractivity contribution >= 4 is 5.91 Å². The third-order valence-corrected chi connectivity index (χ3v) is 2.56. The van der Waals surface area contributed by atoms with Gasteiger partial charge in [-0.1, -0.05) is 0 Å². The van der Waals surface area contributed by atoms with Crippen molar-refractivity contribution in [3.63, 3.8) is 0 Å². The maximum atomic E-state index is 11.3. The van der Waals surface area contributed by atoms with Gasteiger partial charge in [-0.15, -0.1) is 5.10 Å². The summed E-state index contributed by atoms with van der Waals surface area (Å²) in [4.78, 5) is 11.3. The second kappa shape index (κ2) is 4.65. The molecule has 0 unspecified atom stereocenters. The van der Waals surface area contributed by atoms with Crippen LogP contribution in [0.2, 0.25) is 0 Å². The van der Waals surface area contributed by atoms with E-state index in [4.69, 9.17) is 9.84 Å². The van der Waals surface area contributed by atoms with Gasteiger partial charge in [0.15, 0.2) is 0 Å². The van der Waals surface area contributed by atoms with E-state index in [0.29, 0.717) is 24.8 Å². The van der Waals surface area contributed by atoms with Gasteiger partial charge in [-0.2, -0.15) is 0 Å². The van der Waals surface area contributed by atoms with Gasteiger partial charge in [0.1, 0.15) is 0 Å². The molecule has 1 aliphatic carbocycles. The molecule has 2 rings (SSSR count). The predicted octanol–water partition coefficient (Wildman–Crippen LogP) is 1.18. The quantitative estimate of drug-likeness (QED) is 0.763. The van der Waals surface area contributed by atoms with E-state index in [2.05, 4.69) is 5.10 Å². The van der Waals surface area contributed by atoms with E-state index in [1.165, 1.54) is 11.6 Å². The van der Waals surface area contributed by atoms with Gasteiger partial charge in [0, 0.05) is 31.9 Å². The van der Waals surface area contributed by atoms with Crippen molar-refractivity contribution in [2.45, 2.75) is 32.1 Å². The lowest BCUT2D eigenvalue weighted by molar-refractivity contribution is 0.0914. The Morgan fingerprint density at radius 2 is 2.44 bits per heavy atom. The molecule has 16 heavy (non-hydrogen) atoms. The SMILES string of the molecule is CC(=O)n1nc(OCCCO)cc1C1CC1. The first-order valence-corrected chi connectivity index (χ1v) is 5.57. The molecular formula is C11H16N2O3. The summed E-state index contributed by atoms with van der Waals surface area (Å²) in [7, 11) is 0. The second-order valence-corrected chi connectivity index (χ2v) is 4.04. The number of carbonyl (C=O) groups excluding carboxylic acids is 1. The molecule has 1 aromatic heterocycles. The topological polar surface area (TPSA) is 64.4 Å². The number of hydrogen-bond acceptors (Lipinski definition) is 4. The lowest BCUT2D eigenvalue weighted by Gasteiger charge is -1.99. The highest BCUT2D eigenvalue weighted by atomic mass is 16.5. The van der Waals surface area contributed by atoms with E-state index < -0.39 is 0 Å². The Morgan fingerprint density at radius 1 is 1.69 bits per heavy atom. The van der Waals surface area contributed by atoms with Gasteiger partial charge in [-0.3, -0.25) is 4.79 Å². The Bertz CT molecular complexity index is 383. The van der Waals surface area contributed by atoms with Gasteiger partial charge in [-0.05, 0) is 12.8 Å². The highest BCUT2D eigenvalue weighted by Gasteiger charge is 2.29. The van der Waals surface area contributed by atoms with Crippen LogP contribution in [0.4, 0.5) is 0 Å². The molecule has 88 valence electrons. The second-order valence-electron chi connectivity index (χ2n) is 4.04. The van der Waals surface area contributed by atoms with E-state index in [-0.39, 0.29) is 12.5 Å². The first-order chi connectivity index (χ1) is 7.72. The van der Waals surface area contributed by atoms with Gasteiger partial charge in [0.25, 0.3) is 0 Å². The summed E-state index contributed by atoms with van der Waals surface area (Å²) in [6, 6.07) is 1.83. The lowest BCUT2D eigenvalue weighted by atomic mass is 10.3. The Labute approximate surface area is 94.0 Å². The van der Waals surface area contributed by atoms with E-state index in [1.54, 1.807) is 0 Å². The standard InChI is InChI=1S/C11H16N2O3/c1-8(15)13-10(9-3-4-9)7-11(12-13)16-6-2-5-14/h7,9,14H,2-6H2,1H3. The van der Waals surface area contributed by atoms with Crippen LogP contribution in [-0.4, -0.2) is 34.0 Å². The van der Waals surface area contributed by atoms with Crippen molar-refractivity contribution in [1.82, 2.24) is 9.78 Å². The van der Waals surface area contributed by atoms with Crippen LogP contribution < -0.4 is 4.74 Å². The first kappa shape index (κ1) is 11.1. The number of carbonyl (C=O) groups is 1. The summed E-state index contributed by atoms with van der Waals surface area (Å²) in [5.41, 5.74) is 0.950. The van der Waals surface area contributed by atoms with Crippen LogP contribution in [-0.2, 0) is 0 Å². The van der Waals surface area contributed by atoms with E-state index >= 15 is 0 Å². The van der Waals surface area contributed by atoms with Crippen molar-refractivity contribution in [3.8, 4) is 5.88 Å². The Morgan fingerprint density at radius 3 is 3.00 bits per heavy atom. The molecule has 1 aromatic rings. The third-order valence-electron chi connectivity index (χ3n) is 2.56. The molecule has 1 N–H and O–H groups in total. The van der Waals surface area contributed by atoms with Crippen LogP contribution in [0.5, 0.6) is 5.88 Å². The van der Waals surface area contributed by atoms with Gasteiger partial charge in [0.05, 0.1) is 12.3 Å². The zero-order valence-electron chi connectivity index (χ0n) is 9.35. The number of ether oxygens (including phenoxy) is 1. The van der Waals surface area contributed by atoms with Gasteiger partial charge < -0.3 is 9.84 Å². The summed E-state index contributed by atoms with van der Waals surface area (Å²) in [6.07, 6.45) is 2.82. The van der Waals surface area contributed by atoms with Crippen LogP contribution in [0, 0.1) is 0 Å². The molecule has 0 atom stereocenters. The largest absolute Gasteiger partial charge is 0.477 e. The minimum atomic E-state index is -0.0843. The number of nitrogens with zero attached hydrogens (tertiary/aromatic N) is 2. The summed E-state index contributed by atoms with van der Waals surface area (Å²) in [5.74, 6) is 0.857. The molecule has 0 radical (unpaired) electrons. The molecule has 5 nitrogen and oxygen atoms in total. The van der Waals surface area contributed by atoms with Crippen LogP contribution >= 0.6 is 0 Å². The molecule has 0 aliphatic heterocycles. The summed E-state index contributed by atoms with van der Waals surface area (Å²) in [5, 5.41) is 12.7. The maximum absolute atomic E-state index is 11.3. The van der Waals surface area contributed by atoms with Crippen molar-refractivity contribution in [1.29, 1.82) is 0 Å². The van der Waals surface area contributed by atoms with Crippen LogP contribution in [0.1, 0.15) is 42.6 Å². The van der Waals surface area contributed by atoms with Gasteiger partial charge in [0.2, 0.25) is 11.8 Å². The van der Waals surface area contributed by atoms with Crippen molar-refractivity contribution < 1.29 is 14.6 Å². The monoisotopic (exact) mass is 224 g/mol. The number of aliphatic hydroxyl groups excluding tert-OH is 1. The molecule has 5 heteroatoms. The number of hydrogen-bond donors (Lipinski definition) is 1.